The van der Waals surface area contributed by atoms with Crippen molar-refractivity contribution >= 4 is 11.4 Å². The predicted molar refractivity (Wildman–Crippen MR) is 47.8 cm³/mol. The van der Waals surface area contributed by atoms with Crippen LogP contribution in [0.3, 0.4) is 0 Å². The fourth-order valence-electron chi connectivity index (χ4n) is 1.39. The van der Waals surface area contributed by atoms with E-state index >= 15 is 0 Å². The minimum atomic E-state index is -4.18. The predicted octanol–water partition coefficient (Wildman–Crippen LogP) is 2.60. The highest BCUT2D eigenvalue weighted by Gasteiger charge is 2.33. The van der Waals surface area contributed by atoms with Gasteiger partial charge in [0, 0.05) is 0 Å². The maximum Gasteiger partial charge on any atom is 0.406 e. The third-order valence-corrected chi connectivity index (χ3v) is 1.94. The zero-order chi connectivity index (χ0) is 10.2. The van der Waals surface area contributed by atoms with Crippen LogP contribution < -0.4 is 10.2 Å². The van der Waals surface area contributed by atoms with Crippen LogP contribution in [-0.2, 0) is 0 Å². The molecule has 0 saturated carbocycles. The van der Waals surface area contributed by atoms with Crippen LogP contribution in [0.5, 0.6) is 0 Å². The molecule has 14 heavy (non-hydrogen) atoms. The van der Waals surface area contributed by atoms with Crippen LogP contribution in [0, 0.1) is 6.67 Å². The highest BCUT2D eigenvalue weighted by Crippen LogP contribution is 2.34. The van der Waals surface area contributed by atoms with Gasteiger partial charge in [0.05, 0.1) is 11.4 Å². The van der Waals surface area contributed by atoms with Crippen LogP contribution in [0.25, 0.3) is 0 Å². The summed E-state index contributed by atoms with van der Waals surface area (Å²) in [7, 11) is 0. The molecule has 5 heteroatoms. The molecule has 0 bridgehead atoms. The Balaban J connectivity index is 2.18. The van der Waals surface area contributed by atoms with E-state index in [-0.39, 0.29) is 0 Å². The van der Waals surface area contributed by atoms with Gasteiger partial charge in [-0.2, -0.15) is 13.2 Å². The number of anilines is 2. The van der Waals surface area contributed by atoms with Gasteiger partial charge < -0.3 is 10.2 Å². The molecule has 1 aromatic carbocycles. The summed E-state index contributed by atoms with van der Waals surface area (Å²) in [4.78, 5) is 1.15. The Bertz CT molecular complexity index is 335. The molecule has 0 aliphatic carbocycles. The van der Waals surface area contributed by atoms with Crippen LogP contribution in [-0.4, -0.2) is 12.7 Å². The summed E-state index contributed by atoms with van der Waals surface area (Å²) in [5, 5.41) is 2.77. The maximum absolute atomic E-state index is 12.1. The number of rotatable bonds is 1. The van der Waals surface area contributed by atoms with Gasteiger partial charge in [-0.05, 0) is 12.1 Å². The van der Waals surface area contributed by atoms with E-state index in [1.807, 2.05) is 0 Å². The highest BCUT2D eigenvalue weighted by atomic mass is 19.4. The van der Waals surface area contributed by atoms with Gasteiger partial charge in [0.25, 0.3) is 0 Å². The summed E-state index contributed by atoms with van der Waals surface area (Å²) in [5.41, 5.74) is 1.27. The Kier molecular flexibility index (Phi) is 2.02. The molecule has 0 atom stereocenters. The zero-order valence-electron chi connectivity index (χ0n) is 7.17. The zero-order valence-corrected chi connectivity index (χ0v) is 7.17. The fraction of sp³-hybridized carbons (Fsp3) is 0.222. The number of hydrogen-bond donors (Lipinski definition) is 1. The molecular formula is C9H8F3N2. The van der Waals surface area contributed by atoms with E-state index in [9.17, 15) is 13.2 Å². The molecule has 2 nitrogen and oxygen atoms in total. The number of para-hydroxylation sites is 2. The Labute approximate surface area is 79.3 Å². The summed E-state index contributed by atoms with van der Waals surface area (Å²) in [6, 6.07) is 6.87. The molecule has 1 radical (unpaired) electrons. The molecule has 0 spiro atoms. The number of fused-ring (bicyclic) bond motifs is 1. The lowest BCUT2D eigenvalue weighted by molar-refractivity contribution is -0.118. The molecule has 0 unspecified atom stereocenters. The maximum atomic E-state index is 12.1. The van der Waals surface area contributed by atoms with Crippen molar-refractivity contribution in [2.75, 3.05) is 16.8 Å². The van der Waals surface area contributed by atoms with Crippen LogP contribution in [0.1, 0.15) is 0 Å². The first kappa shape index (κ1) is 9.18. The van der Waals surface area contributed by atoms with Crippen molar-refractivity contribution in [2.45, 2.75) is 6.18 Å². The Morgan fingerprint density at radius 3 is 2.64 bits per heavy atom. The van der Waals surface area contributed by atoms with Crippen molar-refractivity contribution in [3.05, 3.63) is 30.9 Å². The van der Waals surface area contributed by atoms with Crippen LogP contribution in [0.15, 0.2) is 24.3 Å². The van der Waals surface area contributed by atoms with Crippen molar-refractivity contribution < 1.29 is 13.2 Å². The lowest BCUT2D eigenvalue weighted by atomic mass is 10.2. The number of halogens is 3. The largest absolute Gasteiger partial charge is 0.406 e. The second kappa shape index (κ2) is 3.08. The summed E-state index contributed by atoms with van der Waals surface area (Å²) in [5.74, 6) is 0. The van der Waals surface area contributed by atoms with Gasteiger partial charge >= 0.3 is 6.18 Å². The standard InChI is InChI=1S/C9H8F3N2/c10-9(11,12)5-14-6-13-7-3-1-2-4-8(7)14/h1-4,6,13H,5H2. The monoisotopic (exact) mass is 201 g/mol. The SMILES string of the molecule is FC(F)(F)CN1[CH]Nc2ccccc21. The van der Waals surface area contributed by atoms with Crippen LogP contribution in [0.2, 0.25) is 0 Å². The Morgan fingerprint density at radius 2 is 1.93 bits per heavy atom. The molecule has 0 aromatic heterocycles. The van der Waals surface area contributed by atoms with Gasteiger partial charge in [-0.1, -0.05) is 12.1 Å². The quantitative estimate of drug-likeness (QED) is 0.751. The average molecular weight is 201 g/mol. The van der Waals surface area contributed by atoms with Crippen LogP contribution in [0.4, 0.5) is 24.5 Å². The highest BCUT2D eigenvalue weighted by molar-refractivity contribution is 5.76. The van der Waals surface area contributed by atoms with E-state index in [4.69, 9.17) is 0 Å². The van der Waals surface area contributed by atoms with E-state index in [2.05, 4.69) is 5.32 Å². The van der Waals surface area contributed by atoms with E-state index in [0.717, 1.165) is 4.90 Å². The number of benzene rings is 1. The molecule has 0 saturated heterocycles. The van der Waals surface area contributed by atoms with Gasteiger partial charge in [0.15, 0.2) is 0 Å². The number of hydrogen-bond acceptors (Lipinski definition) is 2. The fourth-order valence-corrected chi connectivity index (χ4v) is 1.39. The molecular weight excluding hydrogens is 193 g/mol. The van der Waals surface area contributed by atoms with E-state index < -0.39 is 12.7 Å². The van der Waals surface area contributed by atoms with E-state index in [0.29, 0.717) is 11.4 Å². The van der Waals surface area contributed by atoms with E-state index in [1.54, 1.807) is 24.3 Å². The third kappa shape index (κ3) is 1.76. The lowest BCUT2D eigenvalue weighted by Gasteiger charge is -2.18. The molecule has 0 amide bonds. The van der Waals surface area contributed by atoms with Gasteiger partial charge in [-0.15, -0.1) is 0 Å². The van der Waals surface area contributed by atoms with Gasteiger partial charge in [0.1, 0.15) is 13.2 Å². The summed E-state index contributed by atoms with van der Waals surface area (Å²) >= 11 is 0. The third-order valence-electron chi connectivity index (χ3n) is 1.94. The summed E-state index contributed by atoms with van der Waals surface area (Å²) in [6.07, 6.45) is -4.18. The summed E-state index contributed by atoms with van der Waals surface area (Å²) in [6.45, 7) is 0.370. The average Bonchev–Trinajstić information content (AvgIpc) is 2.47. The summed E-state index contributed by atoms with van der Waals surface area (Å²) < 4.78 is 36.3. The second-order valence-electron chi connectivity index (χ2n) is 3.03. The van der Waals surface area contributed by atoms with Gasteiger partial charge in [-0.3, -0.25) is 0 Å². The smallest absolute Gasteiger partial charge is 0.360 e. The molecule has 0 fully saturated rings. The van der Waals surface area contributed by atoms with Gasteiger partial charge in [0.2, 0.25) is 0 Å². The minimum Gasteiger partial charge on any atom is -0.360 e. The first-order valence-corrected chi connectivity index (χ1v) is 4.08. The first-order valence-electron chi connectivity index (χ1n) is 4.08. The van der Waals surface area contributed by atoms with Gasteiger partial charge in [-0.25, -0.2) is 0 Å². The molecule has 1 aliphatic heterocycles. The number of nitrogens with one attached hydrogen (secondary N) is 1. The topological polar surface area (TPSA) is 15.3 Å². The molecule has 1 N–H and O–H groups in total. The second-order valence-corrected chi connectivity index (χ2v) is 3.03. The Hall–Kier alpha value is -1.39. The molecule has 2 rings (SSSR count). The molecule has 1 aromatic rings. The number of nitrogens with zero attached hydrogens (tertiary/aromatic N) is 1. The molecule has 1 aliphatic rings. The molecule has 75 valence electrons. The van der Waals surface area contributed by atoms with Crippen molar-refractivity contribution in [3.8, 4) is 0 Å². The lowest BCUT2D eigenvalue weighted by Crippen LogP contribution is -2.31. The Morgan fingerprint density at radius 1 is 1.21 bits per heavy atom. The van der Waals surface area contributed by atoms with Crippen molar-refractivity contribution in [1.29, 1.82) is 0 Å². The number of alkyl halides is 3. The van der Waals surface area contributed by atoms with Crippen LogP contribution >= 0.6 is 0 Å². The van der Waals surface area contributed by atoms with Crippen molar-refractivity contribution in [1.82, 2.24) is 0 Å². The van der Waals surface area contributed by atoms with Crippen molar-refractivity contribution in [2.24, 2.45) is 0 Å². The minimum absolute atomic E-state index is 0.560. The normalized spacial score (nSPS) is 15.2. The molecule has 1 heterocycles. The van der Waals surface area contributed by atoms with E-state index in [1.165, 1.54) is 6.67 Å². The first-order chi connectivity index (χ1) is 6.56. The van der Waals surface area contributed by atoms with Crippen molar-refractivity contribution in [3.63, 3.8) is 0 Å².